The van der Waals surface area contributed by atoms with Gasteiger partial charge in [-0.25, -0.2) is 4.79 Å². The van der Waals surface area contributed by atoms with Crippen LogP contribution in [0.3, 0.4) is 0 Å². The topological polar surface area (TPSA) is 66.8 Å². The quantitative estimate of drug-likeness (QED) is 0.785. The summed E-state index contributed by atoms with van der Waals surface area (Å²) < 4.78 is 4.34. The maximum Gasteiger partial charge on any atom is 0.337 e. The number of methoxy groups -OCH3 is 1. The van der Waals surface area contributed by atoms with E-state index in [0.29, 0.717) is 10.6 Å². The van der Waals surface area contributed by atoms with Gasteiger partial charge in [0.2, 0.25) is 0 Å². The molecular weight excluding hydrogens is 232 g/mol. The molecular formula is C11H13ClO4. The molecule has 0 aliphatic carbocycles. The summed E-state index contributed by atoms with van der Waals surface area (Å²) in [4.78, 5) is 11.1. The predicted octanol–water partition coefficient (Wildman–Crippen LogP) is 1.22. The maximum atomic E-state index is 11.1. The lowest BCUT2D eigenvalue weighted by Crippen LogP contribution is -2.29. The fraction of sp³-hybridized carbons (Fsp3) is 0.364. The Morgan fingerprint density at radius 2 is 2.06 bits per heavy atom. The van der Waals surface area contributed by atoms with Gasteiger partial charge in [0.25, 0.3) is 0 Å². The van der Waals surface area contributed by atoms with E-state index in [-0.39, 0.29) is 0 Å². The molecule has 2 unspecified atom stereocenters. The third-order valence-corrected chi connectivity index (χ3v) is 2.54. The van der Waals surface area contributed by atoms with Crippen molar-refractivity contribution in [2.75, 3.05) is 7.11 Å². The standard InChI is InChI=1S/C11H13ClO4/c1-6-3-4-7(12)5-8(6)9(13)10(14)11(15)16-2/h3-5,9-10,13-14H,1-2H3. The minimum atomic E-state index is -1.61. The van der Waals surface area contributed by atoms with Crippen LogP contribution in [0.5, 0.6) is 0 Å². The van der Waals surface area contributed by atoms with Crippen molar-refractivity contribution in [3.8, 4) is 0 Å². The number of aliphatic hydroxyl groups excluding tert-OH is 2. The molecule has 4 nitrogen and oxygen atoms in total. The van der Waals surface area contributed by atoms with E-state index in [1.165, 1.54) is 6.07 Å². The zero-order chi connectivity index (χ0) is 12.3. The first kappa shape index (κ1) is 13.0. The summed E-state index contributed by atoms with van der Waals surface area (Å²) in [5.74, 6) is -0.883. The SMILES string of the molecule is COC(=O)C(O)C(O)c1cc(Cl)ccc1C. The van der Waals surface area contributed by atoms with Crippen LogP contribution < -0.4 is 0 Å². The average molecular weight is 245 g/mol. The number of halogens is 1. The number of carbonyl (C=O) groups excluding carboxylic acids is 1. The lowest BCUT2D eigenvalue weighted by Gasteiger charge is -2.18. The van der Waals surface area contributed by atoms with Crippen molar-refractivity contribution in [1.82, 2.24) is 0 Å². The Hall–Kier alpha value is -1.10. The van der Waals surface area contributed by atoms with Crippen LogP contribution in [-0.4, -0.2) is 29.4 Å². The van der Waals surface area contributed by atoms with Crippen molar-refractivity contribution in [3.05, 3.63) is 34.3 Å². The molecule has 5 heteroatoms. The van der Waals surface area contributed by atoms with Gasteiger partial charge in [-0.15, -0.1) is 0 Å². The molecule has 1 rings (SSSR count). The minimum Gasteiger partial charge on any atom is -0.467 e. The first-order chi connectivity index (χ1) is 7.47. The van der Waals surface area contributed by atoms with Gasteiger partial charge in [-0.05, 0) is 30.2 Å². The van der Waals surface area contributed by atoms with E-state index in [1.54, 1.807) is 19.1 Å². The molecule has 1 aromatic rings. The Bertz CT molecular complexity index is 392. The van der Waals surface area contributed by atoms with Gasteiger partial charge in [-0.1, -0.05) is 17.7 Å². The van der Waals surface area contributed by atoms with Crippen LogP contribution in [0.1, 0.15) is 17.2 Å². The second kappa shape index (κ2) is 5.30. The number of aryl methyl sites for hydroxylation is 1. The number of hydrogen-bond acceptors (Lipinski definition) is 4. The Balaban J connectivity index is 2.99. The summed E-state index contributed by atoms with van der Waals surface area (Å²) in [6.07, 6.45) is -2.95. The molecule has 0 amide bonds. The van der Waals surface area contributed by atoms with Crippen molar-refractivity contribution in [1.29, 1.82) is 0 Å². The van der Waals surface area contributed by atoms with E-state index in [1.807, 2.05) is 0 Å². The van der Waals surface area contributed by atoms with E-state index in [2.05, 4.69) is 4.74 Å². The number of ether oxygens (including phenoxy) is 1. The molecule has 0 aliphatic rings. The van der Waals surface area contributed by atoms with Crippen LogP contribution in [-0.2, 0) is 9.53 Å². The predicted molar refractivity (Wildman–Crippen MR) is 59.2 cm³/mol. The van der Waals surface area contributed by atoms with Gasteiger partial charge >= 0.3 is 5.97 Å². The lowest BCUT2D eigenvalue weighted by atomic mass is 9.99. The largest absolute Gasteiger partial charge is 0.467 e. The summed E-state index contributed by atoms with van der Waals surface area (Å²) in [6, 6.07) is 4.87. The molecule has 0 aliphatic heterocycles. The van der Waals surface area contributed by atoms with Crippen molar-refractivity contribution in [2.45, 2.75) is 19.1 Å². The molecule has 2 atom stereocenters. The molecule has 2 N–H and O–H groups in total. The van der Waals surface area contributed by atoms with E-state index in [4.69, 9.17) is 11.6 Å². The molecule has 1 aromatic carbocycles. The van der Waals surface area contributed by atoms with Crippen molar-refractivity contribution in [3.63, 3.8) is 0 Å². The number of rotatable bonds is 3. The lowest BCUT2D eigenvalue weighted by molar-refractivity contribution is -0.156. The summed E-state index contributed by atoms with van der Waals surface area (Å²) in [7, 11) is 1.14. The molecule has 0 bridgehead atoms. The van der Waals surface area contributed by atoms with Gasteiger partial charge < -0.3 is 14.9 Å². The molecule has 0 fully saturated rings. The summed E-state index contributed by atoms with van der Waals surface area (Å²) >= 11 is 5.77. The number of esters is 1. The van der Waals surface area contributed by atoms with Crippen LogP contribution in [0.4, 0.5) is 0 Å². The zero-order valence-electron chi connectivity index (χ0n) is 8.98. The van der Waals surface area contributed by atoms with Crippen LogP contribution in [0.2, 0.25) is 5.02 Å². The Morgan fingerprint density at radius 1 is 1.44 bits per heavy atom. The van der Waals surface area contributed by atoms with Gasteiger partial charge in [0.15, 0.2) is 6.10 Å². The van der Waals surface area contributed by atoms with Gasteiger partial charge in [0, 0.05) is 5.02 Å². The molecule has 16 heavy (non-hydrogen) atoms. The van der Waals surface area contributed by atoms with Crippen molar-refractivity contribution < 1.29 is 19.7 Å². The first-order valence-electron chi connectivity index (χ1n) is 4.67. The fourth-order valence-corrected chi connectivity index (χ4v) is 1.53. The second-order valence-electron chi connectivity index (χ2n) is 3.41. The van der Waals surface area contributed by atoms with Crippen LogP contribution in [0.15, 0.2) is 18.2 Å². The summed E-state index contributed by atoms with van der Waals surface area (Å²) in [6.45, 7) is 1.75. The number of aliphatic hydroxyl groups is 2. The van der Waals surface area contributed by atoms with E-state index in [9.17, 15) is 15.0 Å². The average Bonchev–Trinajstić information content (AvgIpc) is 2.29. The Morgan fingerprint density at radius 3 is 2.62 bits per heavy atom. The van der Waals surface area contributed by atoms with Crippen LogP contribution in [0, 0.1) is 6.92 Å². The molecule has 0 aromatic heterocycles. The zero-order valence-corrected chi connectivity index (χ0v) is 9.73. The first-order valence-corrected chi connectivity index (χ1v) is 5.05. The molecule has 0 saturated heterocycles. The smallest absolute Gasteiger partial charge is 0.337 e. The monoisotopic (exact) mass is 244 g/mol. The molecule has 0 spiro atoms. The van der Waals surface area contributed by atoms with Gasteiger partial charge in [-0.3, -0.25) is 0 Å². The van der Waals surface area contributed by atoms with E-state index in [0.717, 1.165) is 12.7 Å². The Labute approximate surface area is 98.4 Å². The van der Waals surface area contributed by atoms with E-state index < -0.39 is 18.2 Å². The van der Waals surface area contributed by atoms with E-state index >= 15 is 0 Å². The minimum absolute atomic E-state index is 0.408. The van der Waals surface area contributed by atoms with Gasteiger partial charge in [-0.2, -0.15) is 0 Å². The molecule has 0 saturated carbocycles. The fourth-order valence-electron chi connectivity index (χ4n) is 1.35. The molecule has 0 heterocycles. The second-order valence-corrected chi connectivity index (χ2v) is 3.85. The Kier molecular flexibility index (Phi) is 4.29. The number of benzene rings is 1. The number of hydrogen-bond donors (Lipinski definition) is 2. The van der Waals surface area contributed by atoms with Gasteiger partial charge in [0.05, 0.1) is 7.11 Å². The summed E-state index contributed by atoms with van der Waals surface area (Å²) in [5, 5.41) is 19.7. The van der Waals surface area contributed by atoms with Gasteiger partial charge in [0.1, 0.15) is 6.10 Å². The van der Waals surface area contributed by atoms with Crippen LogP contribution >= 0.6 is 11.6 Å². The molecule has 0 radical (unpaired) electrons. The van der Waals surface area contributed by atoms with Crippen molar-refractivity contribution >= 4 is 17.6 Å². The number of carbonyl (C=O) groups is 1. The highest BCUT2D eigenvalue weighted by atomic mass is 35.5. The highest BCUT2D eigenvalue weighted by Crippen LogP contribution is 2.24. The van der Waals surface area contributed by atoms with Crippen molar-refractivity contribution in [2.24, 2.45) is 0 Å². The highest BCUT2D eigenvalue weighted by molar-refractivity contribution is 6.30. The maximum absolute atomic E-state index is 11.1. The third-order valence-electron chi connectivity index (χ3n) is 2.30. The summed E-state index contributed by atoms with van der Waals surface area (Å²) in [5.41, 5.74) is 1.14. The highest BCUT2D eigenvalue weighted by Gasteiger charge is 2.27. The third kappa shape index (κ3) is 2.72. The normalized spacial score (nSPS) is 14.3. The molecule has 88 valence electrons. The van der Waals surface area contributed by atoms with Crippen LogP contribution in [0.25, 0.3) is 0 Å².